The highest BCUT2D eigenvalue weighted by atomic mass is 35.5. The van der Waals surface area contributed by atoms with Gasteiger partial charge in [0.2, 0.25) is 0 Å². The topological polar surface area (TPSA) is 64.6 Å². The molecule has 0 heterocycles. The number of benzene rings is 2. The summed E-state index contributed by atoms with van der Waals surface area (Å²) in [4.78, 5) is 23.5. The van der Waals surface area contributed by atoms with Gasteiger partial charge in [0.05, 0.1) is 15.7 Å². The molecule has 0 saturated heterocycles. The van der Waals surface area contributed by atoms with Crippen LogP contribution in [0.3, 0.4) is 0 Å². The van der Waals surface area contributed by atoms with Crippen LogP contribution in [0.1, 0.15) is 11.1 Å². The van der Waals surface area contributed by atoms with Gasteiger partial charge < -0.3 is 14.8 Å². The van der Waals surface area contributed by atoms with Crippen molar-refractivity contribution < 1.29 is 19.1 Å². The Bertz CT molecular complexity index is 752. The van der Waals surface area contributed by atoms with Crippen molar-refractivity contribution in [1.29, 1.82) is 0 Å². The van der Waals surface area contributed by atoms with E-state index < -0.39 is 18.5 Å². The minimum absolute atomic E-state index is 0.276. The van der Waals surface area contributed by atoms with Gasteiger partial charge in [-0.1, -0.05) is 35.3 Å². The van der Waals surface area contributed by atoms with Crippen LogP contribution in [0.5, 0.6) is 5.75 Å². The second-order valence-electron chi connectivity index (χ2n) is 5.42. The van der Waals surface area contributed by atoms with Crippen LogP contribution in [0.15, 0.2) is 36.4 Å². The minimum atomic E-state index is -0.653. The maximum atomic E-state index is 11.8. The Labute approximate surface area is 155 Å². The zero-order valence-corrected chi connectivity index (χ0v) is 15.3. The Hall–Kier alpha value is -2.24. The van der Waals surface area contributed by atoms with Crippen molar-refractivity contribution in [3.05, 3.63) is 57.6 Å². The first kappa shape index (κ1) is 19.1. The number of anilines is 1. The van der Waals surface area contributed by atoms with Crippen LogP contribution in [0.25, 0.3) is 0 Å². The predicted molar refractivity (Wildman–Crippen MR) is 97.5 cm³/mol. The van der Waals surface area contributed by atoms with Crippen molar-refractivity contribution in [2.24, 2.45) is 0 Å². The number of aryl methyl sites for hydroxylation is 2. The predicted octanol–water partition coefficient (Wildman–Crippen LogP) is 4.17. The van der Waals surface area contributed by atoms with Crippen molar-refractivity contribution in [1.82, 2.24) is 0 Å². The molecule has 1 N–H and O–H groups in total. The maximum absolute atomic E-state index is 11.8. The Morgan fingerprint density at radius 1 is 1.00 bits per heavy atom. The van der Waals surface area contributed by atoms with Crippen LogP contribution in [0.4, 0.5) is 5.69 Å². The smallest absolute Gasteiger partial charge is 0.344 e. The van der Waals surface area contributed by atoms with Gasteiger partial charge in [-0.15, -0.1) is 0 Å². The van der Waals surface area contributed by atoms with Crippen molar-refractivity contribution in [3.8, 4) is 5.75 Å². The molecular weight excluding hydrogens is 365 g/mol. The molecule has 0 aliphatic heterocycles. The molecule has 0 bridgehead atoms. The Kier molecular flexibility index (Phi) is 6.67. The number of nitrogens with one attached hydrogen (secondary N) is 1. The molecule has 5 nitrogen and oxygen atoms in total. The number of carbonyl (C=O) groups is 2. The van der Waals surface area contributed by atoms with Crippen LogP contribution < -0.4 is 10.1 Å². The molecule has 0 radical (unpaired) electrons. The molecule has 0 unspecified atom stereocenters. The fourth-order valence-electron chi connectivity index (χ4n) is 2.14. The molecule has 0 aromatic heterocycles. The largest absolute Gasteiger partial charge is 0.482 e. The minimum Gasteiger partial charge on any atom is -0.482 e. The molecular formula is C18H17Cl2NO4. The highest BCUT2D eigenvalue weighted by molar-refractivity contribution is 6.39. The van der Waals surface area contributed by atoms with E-state index in [0.717, 1.165) is 11.1 Å². The summed E-state index contributed by atoms with van der Waals surface area (Å²) in [7, 11) is 0. The third kappa shape index (κ3) is 5.96. The molecule has 2 aromatic rings. The zero-order chi connectivity index (χ0) is 18.4. The lowest BCUT2D eigenvalue weighted by Gasteiger charge is -2.10. The van der Waals surface area contributed by atoms with E-state index in [-0.39, 0.29) is 12.3 Å². The molecule has 0 saturated carbocycles. The summed E-state index contributed by atoms with van der Waals surface area (Å²) < 4.78 is 10.2. The summed E-state index contributed by atoms with van der Waals surface area (Å²) in [6.45, 7) is 3.12. The summed E-state index contributed by atoms with van der Waals surface area (Å²) in [6, 6.07) is 10.5. The van der Waals surface area contributed by atoms with Gasteiger partial charge in [-0.3, -0.25) is 4.79 Å². The molecule has 2 rings (SSSR count). The molecule has 2 aromatic carbocycles. The second-order valence-corrected chi connectivity index (χ2v) is 6.23. The fourth-order valence-corrected chi connectivity index (χ4v) is 2.63. The number of rotatable bonds is 6. The van der Waals surface area contributed by atoms with Crippen LogP contribution in [0, 0.1) is 13.8 Å². The SMILES string of the molecule is Cc1cc(C)cc(OCC(=O)OCC(=O)Nc2c(Cl)cccc2Cl)c1. The van der Waals surface area contributed by atoms with E-state index in [2.05, 4.69) is 5.32 Å². The van der Waals surface area contributed by atoms with Gasteiger partial charge in [0, 0.05) is 0 Å². The maximum Gasteiger partial charge on any atom is 0.344 e. The highest BCUT2D eigenvalue weighted by Gasteiger charge is 2.12. The zero-order valence-electron chi connectivity index (χ0n) is 13.8. The second kappa shape index (κ2) is 8.74. The summed E-state index contributed by atoms with van der Waals surface area (Å²) >= 11 is 11.9. The Balaban J connectivity index is 1.80. The molecule has 0 atom stereocenters. The lowest BCUT2D eigenvalue weighted by Crippen LogP contribution is -2.24. The Morgan fingerprint density at radius 2 is 1.60 bits per heavy atom. The van der Waals surface area contributed by atoms with Gasteiger partial charge in [0.25, 0.3) is 5.91 Å². The number of para-hydroxylation sites is 1. The Morgan fingerprint density at radius 3 is 2.20 bits per heavy atom. The van der Waals surface area contributed by atoms with Crippen molar-refractivity contribution in [2.75, 3.05) is 18.5 Å². The molecule has 0 spiro atoms. The lowest BCUT2D eigenvalue weighted by atomic mass is 10.1. The first-order valence-corrected chi connectivity index (χ1v) is 8.21. The average molecular weight is 382 g/mol. The van der Waals surface area contributed by atoms with E-state index in [4.69, 9.17) is 32.7 Å². The molecule has 0 fully saturated rings. The normalized spacial score (nSPS) is 10.2. The van der Waals surface area contributed by atoms with Gasteiger partial charge in [-0.2, -0.15) is 0 Å². The monoisotopic (exact) mass is 381 g/mol. The lowest BCUT2D eigenvalue weighted by molar-refractivity contribution is -0.149. The van der Waals surface area contributed by atoms with Crippen molar-refractivity contribution in [3.63, 3.8) is 0 Å². The average Bonchev–Trinajstić information content (AvgIpc) is 2.53. The third-order valence-corrected chi connectivity index (χ3v) is 3.77. The number of hydrogen-bond acceptors (Lipinski definition) is 4. The van der Waals surface area contributed by atoms with E-state index in [1.54, 1.807) is 18.2 Å². The van der Waals surface area contributed by atoms with Gasteiger partial charge in [-0.05, 0) is 49.2 Å². The van der Waals surface area contributed by atoms with E-state index in [0.29, 0.717) is 15.8 Å². The van der Waals surface area contributed by atoms with Crippen LogP contribution in [-0.4, -0.2) is 25.1 Å². The van der Waals surface area contributed by atoms with E-state index in [9.17, 15) is 9.59 Å². The molecule has 132 valence electrons. The van der Waals surface area contributed by atoms with Gasteiger partial charge in [0.1, 0.15) is 5.75 Å². The quantitative estimate of drug-likeness (QED) is 0.762. The number of carbonyl (C=O) groups excluding carboxylic acids is 2. The molecule has 1 amide bonds. The summed E-state index contributed by atoms with van der Waals surface area (Å²) in [5.74, 6) is -0.629. The first-order valence-electron chi connectivity index (χ1n) is 7.45. The molecule has 7 heteroatoms. The van der Waals surface area contributed by atoms with Gasteiger partial charge >= 0.3 is 5.97 Å². The molecule has 25 heavy (non-hydrogen) atoms. The van der Waals surface area contributed by atoms with E-state index in [1.807, 2.05) is 32.0 Å². The first-order chi connectivity index (χ1) is 11.8. The van der Waals surface area contributed by atoms with E-state index >= 15 is 0 Å². The van der Waals surface area contributed by atoms with Crippen molar-refractivity contribution in [2.45, 2.75) is 13.8 Å². The number of ether oxygens (including phenoxy) is 2. The summed E-state index contributed by atoms with van der Waals surface area (Å²) in [5.41, 5.74) is 2.33. The highest BCUT2D eigenvalue weighted by Crippen LogP contribution is 2.29. The van der Waals surface area contributed by atoms with Gasteiger partial charge in [0.15, 0.2) is 13.2 Å². The standard InChI is InChI=1S/C18H17Cl2NO4/c1-11-6-12(2)8-13(7-11)24-10-17(23)25-9-16(22)21-18-14(19)4-3-5-15(18)20/h3-8H,9-10H2,1-2H3,(H,21,22). The number of hydrogen-bond donors (Lipinski definition) is 1. The third-order valence-electron chi connectivity index (χ3n) is 3.14. The van der Waals surface area contributed by atoms with Crippen LogP contribution in [0.2, 0.25) is 10.0 Å². The summed E-state index contributed by atoms with van der Waals surface area (Å²) in [5, 5.41) is 3.09. The molecule has 0 aliphatic carbocycles. The van der Waals surface area contributed by atoms with Gasteiger partial charge in [-0.25, -0.2) is 4.79 Å². The number of esters is 1. The van der Waals surface area contributed by atoms with Crippen LogP contribution in [-0.2, 0) is 14.3 Å². The van der Waals surface area contributed by atoms with Crippen LogP contribution >= 0.6 is 23.2 Å². The number of amides is 1. The number of halogens is 2. The molecule has 0 aliphatic rings. The summed E-state index contributed by atoms with van der Waals surface area (Å²) in [6.07, 6.45) is 0. The van der Waals surface area contributed by atoms with E-state index in [1.165, 1.54) is 0 Å². The fraction of sp³-hybridized carbons (Fsp3) is 0.222. The van der Waals surface area contributed by atoms with Crippen molar-refractivity contribution >= 4 is 40.8 Å².